The molecule has 0 radical (unpaired) electrons. The molecule has 2 aromatic rings. The zero-order chi connectivity index (χ0) is 24.6. The lowest BCUT2D eigenvalue weighted by molar-refractivity contribution is 0.104. The lowest BCUT2D eigenvalue weighted by atomic mass is 10.0. The number of rotatable bonds is 10. The zero-order valence-electron chi connectivity index (χ0n) is 21.2. The van der Waals surface area contributed by atoms with Crippen molar-refractivity contribution in [3.05, 3.63) is 71.8 Å². The van der Waals surface area contributed by atoms with E-state index in [4.69, 9.17) is 14.2 Å². The van der Waals surface area contributed by atoms with Gasteiger partial charge in [0.2, 0.25) is 0 Å². The minimum Gasteiger partial charge on any atom is -0.490 e. The monoisotopic (exact) mass is 450 g/mol. The highest BCUT2D eigenvalue weighted by Gasteiger charge is 2.21. The van der Waals surface area contributed by atoms with E-state index >= 15 is 0 Å². The Morgan fingerprint density at radius 2 is 1.48 bits per heavy atom. The van der Waals surface area contributed by atoms with Crippen LogP contribution in [-0.4, -0.2) is 23.6 Å². The molecule has 0 saturated carbocycles. The van der Waals surface area contributed by atoms with Crippen LogP contribution in [0.15, 0.2) is 55.1 Å². The van der Waals surface area contributed by atoms with Gasteiger partial charge in [-0.05, 0) is 96.0 Å². The van der Waals surface area contributed by atoms with Crippen molar-refractivity contribution in [1.82, 2.24) is 0 Å². The van der Waals surface area contributed by atoms with E-state index in [1.807, 2.05) is 59.8 Å². The Labute approximate surface area is 199 Å². The molecule has 0 fully saturated rings. The van der Waals surface area contributed by atoms with E-state index in [-0.39, 0.29) is 17.0 Å². The van der Waals surface area contributed by atoms with E-state index in [2.05, 4.69) is 13.5 Å². The van der Waals surface area contributed by atoms with Crippen molar-refractivity contribution < 1.29 is 19.0 Å². The third kappa shape index (κ3) is 8.80. The molecule has 178 valence electrons. The normalized spacial score (nSPS) is 12.0. The van der Waals surface area contributed by atoms with E-state index in [9.17, 15) is 4.79 Å². The number of carbonyl (C=O) groups is 1. The highest BCUT2D eigenvalue weighted by molar-refractivity contribution is 6.06. The van der Waals surface area contributed by atoms with Crippen LogP contribution in [0, 0.1) is 0 Å². The SMILES string of the molecule is C=CCOc1ccc(C(=O)/C=C/c2cc(OC(C)(C)C)c(CCC)c(OC(C)(C)C)c2)cc1. The van der Waals surface area contributed by atoms with Gasteiger partial charge in [0.1, 0.15) is 35.1 Å². The maximum atomic E-state index is 12.7. The summed E-state index contributed by atoms with van der Waals surface area (Å²) in [6.07, 6.45) is 6.89. The third-order valence-corrected chi connectivity index (χ3v) is 4.46. The highest BCUT2D eigenvalue weighted by atomic mass is 16.5. The molecule has 0 aliphatic heterocycles. The summed E-state index contributed by atoms with van der Waals surface area (Å²) in [6, 6.07) is 11.1. The Balaban J connectivity index is 2.38. The fourth-order valence-electron chi connectivity index (χ4n) is 3.21. The molecule has 0 atom stereocenters. The van der Waals surface area contributed by atoms with Crippen molar-refractivity contribution in [3.63, 3.8) is 0 Å². The topological polar surface area (TPSA) is 44.8 Å². The Morgan fingerprint density at radius 3 is 1.94 bits per heavy atom. The van der Waals surface area contributed by atoms with E-state index in [1.165, 1.54) is 0 Å². The van der Waals surface area contributed by atoms with Crippen molar-refractivity contribution in [2.75, 3.05) is 6.61 Å². The minimum atomic E-state index is -0.352. The predicted molar refractivity (Wildman–Crippen MR) is 137 cm³/mol. The predicted octanol–water partition coefficient (Wildman–Crippen LogP) is 7.45. The number of carbonyl (C=O) groups excluding carboxylic acids is 1. The first-order valence-electron chi connectivity index (χ1n) is 11.5. The smallest absolute Gasteiger partial charge is 0.185 e. The molecule has 0 saturated heterocycles. The van der Waals surface area contributed by atoms with Gasteiger partial charge in [0.15, 0.2) is 5.78 Å². The van der Waals surface area contributed by atoms with Gasteiger partial charge in [0.25, 0.3) is 0 Å². The number of hydrogen-bond donors (Lipinski definition) is 0. The summed E-state index contributed by atoms with van der Waals surface area (Å²) in [7, 11) is 0. The van der Waals surface area contributed by atoms with Gasteiger partial charge in [-0.15, -0.1) is 0 Å². The molecule has 0 unspecified atom stereocenters. The van der Waals surface area contributed by atoms with Crippen LogP contribution in [0.4, 0.5) is 0 Å². The van der Waals surface area contributed by atoms with Gasteiger partial charge < -0.3 is 14.2 Å². The fraction of sp³-hybridized carbons (Fsp3) is 0.414. The average Bonchev–Trinajstić information content (AvgIpc) is 2.71. The van der Waals surface area contributed by atoms with Gasteiger partial charge >= 0.3 is 0 Å². The molecule has 4 heteroatoms. The molecular formula is C29H38O4. The van der Waals surface area contributed by atoms with Gasteiger partial charge in [-0.2, -0.15) is 0 Å². The first-order chi connectivity index (χ1) is 15.4. The van der Waals surface area contributed by atoms with Crippen LogP contribution in [0.2, 0.25) is 0 Å². The maximum absolute atomic E-state index is 12.7. The first kappa shape index (κ1) is 26.2. The van der Waals surface area contributed by atoms with Crippen molar-refractivity contribution in [2.24, 2.45) is 0 Å². The number of ketones is 1. The number of benzene rings is 2. The first-order valence-corrected chi connectivity index (χ1v) is 11.5. The van der Waals surface area contributed by atoms with Gasteiger partial charge in [0, 0.05) is 11.1 Å². The zero-order valence-corrected chi connectivity index (χ0v) is 21.2. The average molecular weight is 451 g/mol. The summed E-state index contributed by atoms with van der Waals surface area (Å²) in [5, 5.41) is 0. The standard InChI is InChI=1S/C29H38O4/c1-9-11-24-26(32-28(3,4)5)19-21(20-27(24)33-29(6,7)8)12-17-25(30)22-13-15-23(16-14-22)31-18-10-2/h10,12-17,19-20H,2,9,11,18H2,1,3-8H3/b17-12+. The van der Waals surface area contributed by atoms with Crippen LogP contribution in [-0.2, 0) is 6.42 Å². The second-order valence-electron chi connectivity index (χ2n) is 10.00. The van der Waals surface area contributed by atoms with Crippen LogP contribution < -0.4 is 14.2 Å². The minimum absolute atomic E-state index is 0.0838. The van der Waals surface area contributed by atoms with Crippen molar-refractivity contribution >= 4 is 11.9 Å². The van der Waals surface area contributed by atoms with Crippen LogP contribution in [0.5, 0.6) is 17.2 Å². The Morgan fingerprint density at radius 1 is 0.939 bits per heavy atom. The summed E-state index contributed by atoms with van der Waals surface area (Å²) in [4.78, 5) is 12.7. The second-order valence-corrected chi connectivity index (χ2v) is 10.00. The van der Waals surface area contributed by atoms with Crippen molar-refractivity contribution in [1.29, 1.82) is 0 Å². The molecule has 0 spiro atoms. The van der Waals surface area contributed by atoms with Gasteiger partial charge in [-0.1, -0.05) is 32.1 Å². The van der Waals surface area contributed by atoms with Crippen LogP contribution >= 0.6 is 0 Å². The van der Waals surface area contributed by atoms with Gasteiger partial charge in [-0.25, -0.2) is 0 Å². The number of ether oxygens (including phenoxy) is 3. The van der Waals surface area contributed by atoms with Crippen molar-refractivity contribution in [2.45, 2.75) is 72.5 Å². The van der Waals surface area contributed by atoms with E-state index in [0.717, 1.165) is 35.5 Å². The molecule has 0 N–H and O–H groups in total. The molecule has 0 amide bonds. The number of allylic oxidation sites excluding steroid dienone is 1. The number of hydrogen-bond acceptors (Lipinski definition) is 4. The maximum Gasteiger partial charge on any atom is 0.185 e. The van der Waals surface area contributed by atoms with Gasteiger partial charge in [0.05, 0.1) is 0 Å². The third-order valence-electron chi connectivity index (χ3n) is 4.46. The van der Waals surface area contributed by atoms with Crippen LogP contribution in [0.1, 0.15) is 76.4 Å². The van der Waals surface area contributed by atoms with Gasteiger partial charge in [-0.3, -0.25) is 4.79 Å². The largest absolute Gasteiger partial charge is 0.490 e. The molecule has 2 aromatic carbocycles. The quantitative estimate of drug-likeness (QED) is 0.214. The summed E-state index contributed by atoms with van der Waals surface area (Å²) >= 11 is 0. The fourth-order valence-corrected chi connectivity index (χ4v) is 3.21. The summed E-state index contributed by atoms with van der Waals surface area (Å²) in [6.45, 7) is 18.4. The molecule has 33 heavy (non-hydrogen) atoms. The van der Waals surface area contributed by atoms with Crippen molar-refractivity contribution in [3.8, 4) is 17.2 Å². The van der Waals surface area contributed by atoms with E-state index in [0.29, 0.717) is 17.9 Å². The summed E-state index contributed by atoms with van der Waals surface area (Å²) in [5.74, 6) is 2.21. The van der Waals surface area contributed by atoms with Crippen LogP contribution in [0.3, 0.4) is 0 Å². The highest BCUT2D eigenvalue weighted by Crippen LogP contribution is 2.36. The molecule has 0 aromatic heterocycles. The van der Waals surface area contributed by atoms with E-state index in [1.54, 1.807) is 36.4 Å². The lowest BCUT2D eigenvalue weighted by Crippen LogP contribution is -2.26. The molecule has 2 rings (SSSR count). The molecule has 0 bridgehead atoms. The summed E-state index contributed by atoms with van der Waals surface area (Å²) < 4.78 is 18.1. The summed E-state index contributed by atoms with van der Waals surface area (Å²) in [5.41, 5.74) is 1.80. The molecule has 0 aliphatic carbocycles. The molecule has 0 aliphatic rings. The van der Waals surface area contributed by atoms with Crippen LogP contribution in [0.25, 0.3) is 6.08 Å². The molecule has 4 nitrogen and oxygen atoms in total. The Kier molecular flexibility index (Phi) is 8.92. The second kappa shape index (κ2) is 11.2. The van der Waals surface area contributed by atoms with E-state index < -0.39 is 0 Å². The Hall–Kier alpha value is -3.01. The molecular weight excluding hydrogens is 412 g/mol. The Bertz CT molecular complexity index is 933. The lowest BCUT2D eigenvalue weighted by Gasteiger charge is -2.28. The molecule has 0 heterocycles.